The van der Waals surface area contributed by atoms with E-state index in [1.807, 2.05) is 53.6 Å². The van der Waals surface area contributed by atoms with Gasteiger partial charge >= 0.3 is 0 Å². The van der Waals surface area contributed by atoms with Gasteiger partial charge in [-0.25, -0.2) is 9.97 Å². The van der Waals surface area contributed by atoms with Gasteiger partial charge in [-0.3, -0.25) is 34.4 Å². The molecular weight excluding hydrogens is 837 g/mol. The quantitative estimate of drug-likeness (QED) is 0.0578. The van der Waals surface area contributed by atoms with Crippen molar-refractivity contribution in [2.75, 3.05) is 45.8 Å². The number of rotatable bonds is 13. The van der Waals surface area contributed by atoms with Crippen LogP contribution >= 0.6 is 0 Å². The summed E-state index contributed by atoms with van der Waals surface area (Å²) in [5.74, 6) is 6.48. The van der Waals surface area contributed by atoms with E-state index in [9.17, 15) is 19.2 Å². The molecule has 12 heteroatoms. The number of unbranched alkanes of at least 4 members (excludes halogenated alkanes) is 1. The van der Waals surface area contributed by atoms with Crippen molar-refractivity contribution in [2.45, 2.75) is 57.7 Å². The van der Waals surface area contributed by atoms with Crippen LogP contribution in [0.25, 0.3) is 35.7 Å². The van der Waals surface area contributed by atoms with E-state index >= 15 is 0 Å². The predicted octanol–water partition coefficient (Wildman–Crippen LogP) is 6.95. The minimum atomic E-state index is -0.584. The van der Waals surface area contributed by atoms with Crippen molar-refractivity contribution < 1.29 is 19.2 Å². The van der Waals surface area contributed by atoms with Gasteiger partial charge in [-0.2, -0.15) is 0 Å². The first kappa shape index (κ1) is 44.9. The maximum atomic E-state index is 13.6. The topological polar surface area (TPSA) is 132 Å². The molecule has 4 aliphatic rings. The Bertz CT molecular complexity index is 2820. The normalized spacial score (nSPS) is 17.4. The molecule has 6 heterocycles. The van der Waals surface area contributed by atoms with Crippen LogP contribution in [-0.4, -0.2) is 110 Å². The Labute approximate surface area is 392 Å². The van der Waals surface area contributed by atoms with E-state index in [-0.39, 0.29) is 30.0 Å². The van der Waals surface area contributed by atoms with Crippen molar-refractivity contribution in [3.05, 3.63) is 160 Å². The van der Waals surface area contributed by atoms with Crippen molar-refractivity contribution in [3.8, 4) is 23.2 Å². The molecule has 2 aromatic heterocycles. The number of carbonyl (C=O) groups is 4. The number of carbonyl (C=O) groups excluding carboxylic acids is 4. The average Bonchev–Trinajstić information content (AvgIpc) is 3.69. The highest BCUT2D eigenvalue weighted by Gasteiger charge is 2.39. The largest absolute Gasteiger partial charge is 0.332 e. The summed E-state index contributed by atoms with van der Waals surface area (Å²) in [4.78, 5) is 72.9. The zero-order chi connectivity index (χ0) is 46.3. The van der Waals surface area contributed by atoms with Crippen LogP contribution in [0.4, 0.5) is 0 Å². The number of hydrogen-bond donors (Lipinski definition) is 1. The van der Waals surface area contributed by atoms with Crippen molar-refractivity contribution in [2.24, 2.45) is 0 Å². The molecule has 0 bridgehead atoms. The molecule has 0 radical (unpaired) electrons. The van der Waals surface area contributed by atoms with E-state index in [0.29, 0.717) is 49.4 Å². The molecule has 12 nitrogen and oxygen atoms in total. The monoisotopic (exact) mass is 890 g/mol. The highest BCUT2D eigenvalue weighted by molar-refractivity contribution is 6.05. The molecule has 338 valence electrons. The molecule has 0 aliphatic carbocycles. The predicted molar refractivity (Wildman–Crippen MR) is 261 cm³/mol. The lowest BCUT2D eigenvalue weighted by molar-refractivity contribution is -0.136. The number of piperazine rings is 1. The molecule has 0 spiro atoms. The number of aryl methyl sites for hydroxylation is 1. The van der Waals surface area contributed by atoms with Crippen molar-refractivity contribution in [1.82, 2.24) is 39.9 Å². The van der Waals surface area contributed by atoms with Crippen LogP contribution in [-0.2, 0) is 35.5 Å². The van der Waals surface area contributed by atoms with E-state index in [2.05, 4.69) is 92.6 Å². The van der Waals surface area contributed by atoms with Gasteiger partial charge in [0.2, 0.25) is 11.8 Å². The molecule has 1 N–H and O–H groups in total. The first-order valence-electron chi connectivity index (χ1n) is 23.2. The van der Waals surface area contributed by atoms with E-state index in [1.54, 1.807) is 23.2 Å². The summed E-state index contributed by atoms with van der Waals surface area (Å²) in [6, 6.07) is 23.4. The van der Waals surface area contributed by atoms with Gasteiger partial charge in [0, 0.05) is 85.9 Å². The number of pyridine rings is 1. The van der Waals surface area contributed by atoms with Crippen molar-refractivity contribution in [3.63, 3.8) is 0 Å². The van der Waals surface area contributed by atoms with Crippen LogP contribution in [0.1, 0.15) is 96.7 Å². The third-order valence-corrected chi connectivity index (χ3v) is 13.2. The summed E-state index contributed by atoms with van der Waals surface area (Å²) in [5, 5.41) is 2.37. The van der Waals surface area contributed by atoms with Crippen LogP contribution in [0.2, 0.25) is 0 Å². The van der Waals surface area contributed by atoms with Crippen molar-refractivity contribution >= 4 is 47.9 Å². The molecule has 1 atom stereocenters. The van der Waals surface area contributed by atoms with Gasteiger partial charge in [-0.1, -0.05) is 79.6 Å². The molecule has 2 saturated heterocycles. The fourth-order valence-corrected chi connectivity index (χ4v) is 9.23. The number of benzene rings is 3. The third-order valence-electron chi connectivity index (χ3n) is 13.2. The van der Waals surface area contributed by atoms with Gasteiger partial charge in [-0.05, 0) is 109 Å². The van der Waals surface area contributed by atoms with Gasteiger partial charge < -0.3 is 14.7 Å². The van der Waals surface area contributed by atoms with Gasteiger partial charge in [0.05, 0.1) is 24.5 Å². The molecule has 5 aromatic rings. The van der Waals surface area contributed by atoms with E-state index in [4.69, 9.17) is 4.98 Å². The highest BCUT2D eigenvalue weighted by Crippen LogP contribution is 2.29. The second kappa shape index (κ2) is 20.5. The van der Waals surface area contributed by atoms with Crippen molar-refractivity contribution in [1.29, 1.82) is 0 Å². The van der Waals surface area contributed by atoms with Crippen LogP contribution < -0.4 is 5.32 Å². The highest BCUT2D eigenvalue weighted by atomic mass is 16.2. The molecule has 0 saturated carbocycles. The molecule has 1 unspecified atom stereocenters. The van der Waals surface area contributed by atoms with E-state index in [0.717, 1.165) is 109 Å². The van der Waals surface area contributed by atoms with Crippen LogP contribution in [0.15, 0.2) is 98.3 Å². The van der Waals surface area contributed by atoms with E-state index < -0.39 is 6.04 Å². The lowest BCUT2D eigenvalue weighted by Gasteiger charge is -2.33. The minimum absolute atomic E-state index is 0.0206. The number of piperidine rings is 1. The number of aromatic nitrogens is 3. The molecule has 9 rings (SSSR count). The van der Waals surface area contributed by atoms with Gasteiger partial charge in [-0.15, -0.1) is 0 Å². The summed E-state index contributed by atoms with van der Waals surface area (Å²) >= 11 is 0. The Morgan fingerprint density at radius 2 is 1.55 bits per heavy atom. The SMILES string of the molecule is C=Cc1cc(-c2ncc3c(n2)CN(C(=O)c2ccc(/C=C/c4ccc(C#CCN5CCN(CCCCc6ccc7c(c6)CN(C6CCC(=O)NC6=O)C7=O)CC5)cc4)cc2)CC3)cnc1C=C. The number of nitrogens with one attached hydrogen (secondary N) is 1. The first-order valence-corrected chi connectivity index (χ1v) is 23.2. The molecular formula is C55H54N8O4. The Hall–Kier alpha value is -7.33. The summed E-state index contributed by atoms with van der Waals surface area (Å²) in [7, 11) is 0. The minimum Gasteiger partial charge on any atom is -0.332 e. The fourth-order valence-electron chi connectivity index (χ4n) is 9.23. The summed E-state index contributed by atoms with van der Waals surface area (Å²) in [6.45, 7) is 15.0. The summed E-state index contributed by atoms with van der Waals surface area (Å²) in [6.07, 6.45) is 15.6. The van der Waals surface area contributed by atoms with Gasteiger partial charge in [0.25, 0.3) is 11.8 Å². The second-order valence-electron chi connectivity index (χ2n) is 17.6. The molecule has 4 amide bonds. The number of hydrogen-bond acceptors (Lipinski definition) is 9. The zero-order valence-corrected chi connectivity index (χ0v) is 37.8. The maximum Gasteiger partial charge on any atom is 0.255 e. The molecule has 67 heavy (non-hydrogen) atoms. The van der Waals surface area contributed by atoms with Crippen LogP contribution in [0.5, 0.6) is 0 Å². The number of imide groups is 1. The lowest BCUT2D eigenvalue weighted by atomic mass is 10.0. The average molecular weight is 891 g/mol. The Morgan fingerprint density at radius 3 is 2.30 bits per heavy atom. The van der Waals surface area contributed by atoms with Crippen LogP contribution in [0.3, 0.4) is 0 Å². The Kier molecular flexibility index (Phi) is 13.7. The standard InChI is InChI=1S/C55H54N8O4/c1-3-42-33-45(35-56-48(42)4-2)52-57-34-44-24-27-62(37-49(44)58-52)54(66)43-19-16-40(17-20-43)15-14-39-12-10-38(11-13-39)9-7-26-61-30-28-60(29-31-61)25-6-5-8-41-18-21-47-46(32-41)36-63(55(47)67)50-22-23-51(64)59-53(50)65/h3-4,10-21,32-35,50H,1-2,5-6,8,22-31,36-37H2,(H,59,64,65)/b15-14+. The second-order valence-corrected chi connectivity index (χ2v) is 17.6. The van der Waals surface area contributed by atoms with Crippen LogP contribution in [0, 0.1) is 11.8 Å². The summed E-state index contributed by atoms with van der Waals surface area (Å²) in [5.41, 5.74) is 10.9. The lowest BCUT2D eigenvalue weighted by Crippen LogP contribution is -2.52. The molecule has 4 aliphatic heterocycles. The number of nitrogens with zero attached hydrogens (tertiary/aromatic N) is 7. The molecule has 3 aromatic carbocycles. The third kappa shape index (κ3) is 10.5. The molecule has 2 fully saturated rings. The summed E-state index contributed by atoms with van der Waals surface area (Å²) < 4.78 is 0. The number of amides is 4. The number of fused-ring (bicyclic) bond motifs is 2. The first-order chi connectivity index (χ1) is 32.7. The smallest absolute Gasteiger partial charge is 0.255 e. The van der Waals surface area contributed by atoms with Gasteiger partial charge in [0.15, 0.2) is 5.82 Å². The fraction of sp³-hybridized carbons (Fsp3) is 0.291. The zero-order valence-electron chi connectivity index (χ0n) is 37.8. The van der Waals surface area contributed by atoms with E-state index in [1.165, 1.54) is 5.56 Å². The Morgan fingerprint density at radius 1 is 0.791 bits per heavy atom. The van der Waals surface area contributed by atoms with Gasteiger partial charge in [0.1, 0.15) is 6.04 Å². The maximum absolute atomic E-state index is 13.6. The Balaban J connectivity index is 0.681.